The van der Waals surface area contributed by atoms with Gasteiger partial charge in [0.2, 0.25) is 11.8 Å². The summed E-state index contributed by atoms with van der Waals surface area (Å²) in [5.74, 6) is 0.665. The van der Waals surface area contributed by atoms with Crippen LogP contribution in [0.1, 0.15) is 36.4 Å². The summed E-state index contributed by atoms with van der Waals surface area (Å²) in [5, 5.41) is 2.95. The first-order valence-corrected chi connectivity index (χ1v) is 8.99. The maximum atomic E-state index is 12.4. The average Bonchev–Trinajstić information content (AvgIpc) is 3.18. The van der Waals surface area contributed by atoms with Crippen molar-refractivity contribution >= 4 is 23.2 Å². The molecule has 1 saturated carbocycles. The Morgan fingerprint density at radius 2 is 1.82 bits per heavy atom. The van der Waals surface area contributed by atoms with Crippen LogP contribution in [-0.4, -0.2) is 52.8 Å². The number of piperazine rings is 1. The van der Waals surface area contributed by atoms with Gasteiger partial charge in [-0.2, -0.15) is 0 Å². The summed E-state index contributed by atoms with van der Waals surface area (Å²) in [6.45, 7) is 4.61. The minimum absolute atomic E-state index is 0.123. The van der Waals surface area contributed by atoms with Gasteiger partial charge >= 0.3 is 0 Å². The molecule has 2 fully saturated rings. The summed E-state index contributed by atoms with van der Waals surface area (Å²) in [6, 6.07) is 0. The number of aryl methyl sites for hydroxylation is 1. The van der Waals surface area contributed by atoms with Gasteiger partial charge in [0.15, 0.2) is 0 Å². The number of amides is 2. The minimum Gasteiger partial charge on any atom is -0.339 e. The van der Waals surface area contributed by atoms with E-state index in [4.69, 9.17) is 0 Å². The monoisotopic (exact) mass is 321 g/mol. The second-order valence-electron chi connectivity index (χ2n) is 6.22. The predicted octanol–water partition coefficient (Wildman–Crippen LogP) is 1.86. The highest BCUT2D eigenvalue weighted by molar-refractivity contribution is 7.09. The zero-order valence-corrected chi connectivity index (χ0v) is 13.9. The summed E-state index contributed by atoms with van der Waals surface area (Å²) in [7, 11) is 0. The summed E-state index contributed by atoms with van der Waals surface area (Å²) in [5.41, 5.74) is 0.858. The van der Waals surface area contributed by atoms with Crippen molar-refractivity contribution in [1.29, 1.82) is 0 Å². The van der Waals surface area contributed by atoms with E-state index in [2.05, 4.69) is 4.98 Å². The lowest BCUT2D eigenvalue weighted by molar-refractivity contribution is -0.141. The fourth-order valence-corrected chi connectivity index (χ4v) is 3.98. The number of nitrogens with zero attached hydrogens (tertiary/aromatic N) is 3. The van der Waals surface area contributed by atoms with Crippen LogP contribution in [0, 0.1) is 12.8 Å². The molecule has 22 heavy (non-hydrogen) atoms. The predicted molar refractivity (Wildman–Crippen MR) is 85.7 cm³/mol. The fraction of sp³-hybridized carbons (Fsp3) is 0.688. The molecule has 6 heteroatoms. The molecule has 0 unspecified atom stereocenters. The van der Waals surface area contributed by atoms with E-state index in [-0.39, 0.29) is 11.8 Å². The quantitative estimate of drug-likeness (QED) is 0.854. The maximum Gasteiger partial charge on any atom is 0.228 e. The molecule has 0 radical (unpaired) electrons. The van der Waals surface area contributed by atoms with Crippen molar-refractivity contribution in [2.75, 3.05) is 26.2 Å². The van der Waals surface area contributed by atoms with Crippen molar-refractivity contribution in [2.24, 2.45) is 5.92 Å². The normalized spacial score (nSPS) is 19.7. The Morgan fingerprint density at radius 3 is 2.41 bits per heavy atom. The molecule has 1 aromatic rings. The number of hydrogen-bond acceptors (Lipinski definition) is 4. The Kier molecular flexibility index (Phi) is 4.76. The fourth-order valence-electron chi connectivity index (χ4n) is 3.36. The summed E-state index contributed by atoms with van der Waals surface area (Å²) < 4.78 is 0. The van der Waals surface area contributed by atoms with Crippen molar-refractivity contribution in [3.63, 3.8) is 0 Å². The molecular weight excluding hydrogens is 298 g/mol. The van der Waals surface area contributed by atoms with Crippen LogP contribution in [0.4, 0.5) is 0 Å². The van der Waals surface area contributed by atoms with Crippen LogP contribution in [0.25, 0.3) is 0 Å². The topological polar surface area (TPSA) is 53.5 Å². The van der Waals surface area contributed by atoms with Gasteiger partial charge in [-0.1, -0.05) is 12.8 Å². The molecule has 1 aromatic heterocycles. The second-order valence-corrected chi connectivity index (χ2v) is 7.28. The summed E-state index contributed by atoms with van der Waals surface area (Å²) in [4.78, 5) is 32.8. The molecule has 1 saturated heterocycles. The molecule has 0 atom stereocenters. The smallest absolute Gasteiger partial charge is 0.228 e. The lowest BCUT2D eigenvalue weighted by Crippen LogP contribution is -2.52. The Morgan fingerprint density at radius 1 is 1.18 bits per heavy atom. The van der Waals surface area contributed by atoms with Crippen molar-refractivity contribution in [3.8, 4) is 0 Å². The lowest BCUT2D eigenvalue weighted by Gasteiger charge is -2.36. The van der Waals surface area contributed by atoms with E-state index < -0.39 is 0 Å². The first-order chi connectivity index (χ1) is 10.6. The molecule has 1 aliphatic heterocycles. The third-order valence-electron chi connectivity index (χ3n) is 4.65. The van der Waals surface area contributed by atoms with Crippen LogP contribution in [0.2, 0.25) is 0 Å². The molecule has 0 N–H and O–H groups in total. The zero-order valence-electron chi connectivity index (χ0n) is 13.1. The van der Waals surface area contributed by atoms with Crippen molar-refractivity contribution in [2.45, 2.75) is 39.0 Å². The van der Waals surface area contributed by atoms with Gasteiger partial charge in [0, 0.05) is 37.5 Å². The van der Waals surface area contributed by atoms with E-state index in [1.54, 1.807) is 11.3 Å². The third kappa shape index (κ3) is 3.48. The molecule has 2 aliphatic rings. The zero-order chi connectivity index (χ0) is 15.5. The standard InChI is InChI=1S/C16H23N3O2S/c1-12-17-14(11-22-12)10-15(20)18-6-8-19(9-7-18)16(21)13-4-2-3-5-13/h11,13H,2-10H2,1H3. The van der Waals surface area contributed by atoms with Crippen molar-refractivity contribution in [1.82, 2.24) is 14.8 Å². The first kappa shape index (κ1) is 15.5. The number of hydrogen-bond donors (Lipinski definition) is 0. The largest absolute Gasteiger partial charge is 0.339 e. The maximum absolute atomic E-state index is 12.4. The van der Waals surface area contributed by atoms with Gasteiger partial charge in [-0.15, -0.1) is 11.3 Å². The molecule has 0 bridgehead atoms. The van der Waals surface area contributed by atoms with Crippen LogP contribution in [0.3, 0.4) is 0 Å². The van der Waals surface area contributed by atoms with Gasteiger partial charge in [0.1, 0.15) is 0 Å². The van der Waals surface area contributed by atoms with E-state index in [0.717, 1.165) is 23.5 Å². The average molecular weight is 321 g/mol. The number of carbonyl (C=O) groups is 2. The van der Waals surface area contributed by atoms with Gasteiger partial charge in [-0.3, -0.25) is 9.59 Å². The van der Waals surface area contributed by atoms with Crippen molar-refractivity contribution in [3.05, 3.63) is 16.1 Å². The number of rotatable bonds is 3. The molecular formula is C16H23N3O2S. The molecule has 0 spiro atoms. The Balaban J connectivity index is 1.48. The molecule has 2 heterocycles. The van der Waals surface area contributed by atoms with Crippen LogP contribution in [-0.2, 0) is 16.0 Å². The van der Waals surface area contributed by atoms with Crippen molar-refractivity contribution < 1.29 is 9.59 Å². The Bertz CT molecular complexity index is 543. The van der Waals surface area contributed by atoms with Gasteiger partial charge < -0.3 is 9.80 Å². The van der Waals surface area contributed by atoms with E-state index in [1.165, 1.54) is 12.8 Å². The summed E-state index contributed by atoms with van der Waals surface area (Å²) in [6.07, 6.45) is 4.83. The number of aromatic nitrogens is 1. The number of thiazole rings is 1. The molecule has 0 aromatic carbocycles. The highest BCUT2D eigenvalue weighted by atomic mass is 32.1. The second kappa shape index (κ2) is 6.77. The van der Waals surface area contributed by atoms with Gasteiger partial charge in [-0.05, 0) is 19.8 Å². The van der Waals surface area contributed by atoms with E-state index >= 15 is 0 Å². The number of carbonyl (C=O) groups excluding carboxylic acids is 2. The molecule has 1 aliphatic carbocycles. The van der Waals surface area contributed by atoms with Crippen LogP contribution in [0.15, 0.2) is 5.38 Å². The minimum atomic E-state index is 0.123. The van der Waals surface area contributed by atoms with Gasteiger partial charge in [0.25, 0.3) is 0 Å². The van der Waals surface area contributed by atoms with E-state index in [0.29, 0.717) is 38.5 Å². The third-order valence-corrected chi connectivity index (χ3v) is 5.47. The molecule has 5 nitrogen and oxygen atoms in total. The van der Waals surface area contributed by atoms with E-state index in [9.17, 15) is 9.59 Å². The lowest BCUT2D eigenvalue weighted by atomic mass is 10.1. The molecule has 120 valence electrons. The van der Waals surface area contributed by atoms with Crippen LogP contribution < -0.4 is 0 Å². The van der Waals surface area contributed by atoms with Crippen LogP contribution >= 0.6 is 11.3 Å². The SMILES string of the molecule is Cc1nc(CC(=O)N2CCN(C(=O)C3CCCC3)CC2)cs1. The van der Waals surface area contributed by atoms with Gasteiger partial charge in [0.05, 0.1) is 17.1 Å². The van der Waals surface area contributed by atoms with E-state index in [1.807, 2.05) is 22.1 Å². The highest BCUT2D eigenvalue weighted by Crippen LogP contribution is 2.27. The first-order valence-electron chi connectivity index (χ1n) is 8.11. The van der Waals surface area contributed by atoms with Gasteiger partial charge in [-0.25, -0.2) is 4.98 Å². The molecule has 2 amide bonds. The summed E-state index contributed by atoms with van der Waals surface area (Å²) >= 11 is 1.58. The highest BCUT2D eigenvalue weighted by Gasteiger charge is 2.30. The Hall–Kier alpha value is -1.43. The molecule has 3 rings (SSSR count). The van der Waals surface area contributed by atoms with Crippen LogP contribution in [0.5, 0.6) is 0 Å². The Labute approximate surface area is 135 Å².